The van der Waals surface area contributed by atoms with Crippen LogP contribution in [0.1, 0.15) is 12.5 Å². The molecule has 4 heteroatoms. The van der Waals surface area contributed by atoms with Gasteiger partial charge in [0.15, 0.2) is 4.77 Å². The zero-order valence-corrected chi connectivity index (χ0v) is 10.4. The molecule has 0 aliphatic rings. The Balaban J connectivity index is 2.43. The average Bonchev–Trinajstić information content (AvgIpc) is 2.57. The van der Waals surface area contributed by atoms with E-state index in [9.17, 15) is 0 Å². The normalized spacial score (nSPS) is 11.1. The molecule has 1 aromatic carbocycles. The molecule has 16 heavy (non-hydrogen) atoms. The summed E-state index contributed by atoms with van der Waals surface area (Å²) < 4.78 is 8.24. The van der Waals surface area contributed by atoms with E-state index in [1.165, 1.54) is 11.1 Å². The molecule has 0 aliphatic carbocycles. The maximum atomic E-state index is 5.37. The molecule has 0 bridgehead atoms. The van der Waals surface area contributed by atoms with E-state index in [2.05, 4.69) is 28.6 Å². The average molecular weight is 236 g/mol. The minimum Gasteiger partial charge on any atom is -0.380 e. The van der Waals surface area contributed by atoms with Gasteiger partial charge in [0.1, 0.15) is 0 Å². The van der Waals surface area contributed by atoms with Crippen LogP contribution in [0.15, 0.2) is 18.2 Å². The van der Waals surface area contributed by atoms with Gasteiger partial charge in [-0.05, 0) is 37.7 Å². The van der Waals surface area contributed by atoms with Crippen LogP contribution in [0, 0.1) is 11.7 Å². The van der Waals surface area contributed by atoms with Gasteiger partial charge >= 0.3 is 0 Å². The number of aromatic amines is 1. The molecule has 0 amide bonds. The molecule has 0 atom stereocenters. The first-order valence-electron chi connectivity index (χ1n) is 5.50. The van der Waals surface area contributed by atoms with Crippen LogP contribution < -0.4 is 0 Å². The summed E-state index contributed by atoms with van der Waals surface area (Å²) in [7, 11) is 0. The van der Waals surface area contributed by atoms with E-state index in [4.69, 9.17) is 17.0 Å². The van der Waals surface area contributed by atoms with Crippen LogP contribution in [0.4, 0.5) is 0 Å². The molecule has 1 heterocycles. The van der Waals surface area contributed by atoms with Crippen LogP contribution in [0.25, 0.3) is 11.0 Å². The summed E-state index contributed by atoms with van der Waals surface area (Å²) in [5.41, 5.74) is 3.52. The van der Waals surface area contributed by atoms with Crippen molar-refractivity contribution in [1.82, 2.24) is 9.55 Å². The predicted octanol–water partition coefficient (Wildman–Crippen LogP) is 3.04. The molecule has 0 spiro atoms. The number of aromatic nitrogens is 2. The number of nitrogens with zero attached hydrogens (tertiary/aromatic N) is 1. The predicted molar refractivity (Wildman–Crippen MR) is 68.4 cm³/mol. The van der Waals surface area contributed by atoms with Crippen molar-refractivity contribution in [3.05, 3.63) is 28.5 Å². The molecule has 0 saturated heterocycles. The Morgan fingerprint density at radius 3 is 3.00 bits per heavy atom. The van der Waals surface area contributed by atoms with Gasteiger partial charge in [0, 0.05) is 13.2 Å². The van der Waals surface area contributed by atoms with Crippen molar-refractivity contribution in [2.45, 2.75) is 20.4 Å². The quantitative estimate of drug-likeness (QED) is 0.653. The second-order valence-corrected chi connectivity index (χ2v) is 4.14. The van der Waals surface area contributed by atoms with Crippen LogP contribution in [0.2, 0.25) is 0 Å². The van der Waals surface area contributed by atoms with Crippen molar-refractivity contribution in [3.8, 4) is 0 Å². The number of H-pyrrole nitrogens is 1. The third-order valence-electron chi connectivity index (χ3n) is 2.66. The number of aryl methyl sites for hydroxylation is 1. The van der Waals surface area contributed by atoms with E-state index in [0.29, 0.717) is 6.61 Å². The Hall–Kier alpha value is -1.13. The van der Waals surface area contributed by atoms with Crippen LogP contribution in [0.5, 0.6) is 0 Å². The molecule has 3 nitrogen and oxygen atoms in total. The molecule has 0 aliphatic heterocycles. The van der Waals surface area contributed by atoms with Crippen molar-refractivity contribution in [2.24, 2.45) is 0 Å². The van der Waals surface area contributed by atoms with Crippen molar-refractivity contribution in [2.75, 3.05) is 13.2 Å². The zero-order valence-electron chi connectivity index (χ0n) is 9.62. The Morgan fingerprint density at radius 2 is 2.25 bits per heavy atom. The maximum absolute atomic E-state index is 5.37. The number of para-hydroxylation sites is 1. The third-order valence-corrected chi connectivity index (χ3v) is 2.98. The summed E-state index contributed by atoms with van der Waals surface area (Å²) in [4.78, 5) is 3.22. The fraction of sp³-hybridized carbons (Fsp3) is 0.417. The highest BCUT2D eigenvalue weighted by Gasteiger charge is 2.05. The molecule has 2 aromatic rings. The number of nitrogens with one attached hydrogen (secondary N) is 1. The van der Waals surface area contributed by atoms with E-state index >= 15 is 0 Å². The maximum Gasteiger partial charge on any atom is 0.178 e. The summed E-state index contributed by atoms with van der Waals surface area (Å²) in [6.07, 6.45) is 0. The molecule has 2 rings (SSSR count). The second-order valence-electron chi connectivity index (χ2n) is 3.75. The second kappa shape index (κ2) is 4.80. The minimum atomic E-state index is 0.700. The first-order chi connectivity index (χ1) is 7.74. The van der Waals surface area contributed by atoms with Gasteiger partial charge in [0.2, 0.25) is 0 Å². The molecule has 0 radical (unpaired) electrons. The largest absolute Gasteiger partial charge is 0.380 e. The van der Waals surface area contributed by atoms with Gasteiger partial charge in [-0.1, -0.05) is 12.1 Å². The Morgan fingerprint density at radius 1 is 1.44 bits per heavy atom. The highest BCUT2D eigenvalue weighted by atomic mass is 32.1. The number of fused-ring (bicyclic) bond motifs is 1. The van der Waals surface area contributed by atoms with E-state index in [0.717, 1.165) is 23.4 Å². The number of ether oxygens (including phenoxy) is 1. The van der Waals surface area contributed by atoms with Gasteiger partial charge in [0.05, 0.1) is 17.6 Å². The SMILES string of the molecule is CCOCCn1c(=S)[nH]c2cccc(C)c21. The Labute approximate surface area is 100 Å². The Bertz CT molecular complexity index is 541. The van der Waals surface area contributed by atoms with E-state index in [1.54, 1.807) is 0 Å². The molecule has 1 N–H and O–H groups in total. The van der Waals surface area contributed by atoms with Crippen LogP contribution in [0.3, 0.4) is 0 Å². The van der Waals surface area contributed by atoms with E-state index in [1.807, 2.05) is 13.0 Å². The van der Waals surface area contributed by atoms with Crippen LogP contribution in [-0.2, 0) is 11.3 Å². The topological polar surface area (TPSA) is 29.9 Å². The molecular weight excluding hydrogens is 220 g/mol. The molecule has 0 saturated carbocycles. The van der Waals surface area contributed by atoms with Gasteiger partial charge in [-0.3, -0.25) is 0 Å². The monoisotopic (exact) mass is 236 g/mol. The molecular formula is C12H16N2OS. The Kier molecular flexibility index (Phi) is 3.41. The third kappa shape index (κ3) is 2.03. The molecule has 0 unspecified atom stereocenters. The lowest BCUT2D eigenvalue weighted by Crippen LogP contribution is -2.06. The van der Waals surface area contributed by atoms with Crippen LogP contribution in [-0.4, -0.2) is 22.8 Å². The van der Waals surface area contributed by atoms with Crippen LogP contribution >= 0.6 is 12.2 Å². The number of benzene rings is 1. The smallest absolute Gasteiger partial charge is 0.178 e. The first-order valence-corrected chi connectivity index (χ1v) is 5.90. The lowest BCUT2D eigenvalue weighted by Gasteiger charge is -2.06. The summed E-state index contributed by atoms with van der Waals surface area (Å²) in [5, 5.41) is 0. The zero-order chi connectivity index (χ0) is 11.5. The van der Waals surface area contributed by atoms with Gasteiger partial charge in [-0.25, -0.2) is 0 Å². The standard InChI is InChI=1S/C12H16N2OS/c1-3-15-8-7-14-11-9(2)5-4-6-10(11)13-12(14)16/h4-6H,3,7-8H2,1-2H3,(H,13,16). The van der Waals surface area contributed by atoms with Crippen molar-refractivity contribution < 1.29 is 4.74 Å². The van der Waals surface area contributed by atoms with Gasteiger partial charge in [-0.2, -0.15) is 0 Å². The van der Waals surface area contributed by atoms with Gasteiger partial charge < -0.3 is 14.3 Å². The first kappa shape index (κ1) is 11.4. The fourth-order valence-corrected chi connectivity index (χ4v) is 2.21. The summed E-state index contributed by atoms with van der Waals surface area (Å²) in [6.45, 7) is 6.35. The number of rotatable bonds is 4. The molecule has 86 valence electrons. The lowest BCUT2D eigenvalue weighted by atomic mass is 10.2. The summed E-state index contributed by atoms with van der Waals surface area (Å²) in [6, 6.07) is 6.19. The van der Waals surface area contributed by atoms with Gasteiger partial charge in [0.25, 0.3) is 0 Å². The summed E-state index contributed by atoms with van der Waals surface area (Å²) >= 11 is 5.31. The van der Waals surface area contributed by atoms with Gasteiger partial charge in [-0.15, -0.1) is 0 Å². The van der Waals surface area contributed by atoms with E-state index < -0.39 is 0 Å². The number of hydrogen-bond acceptors (Lipinski definition) is 2. The van der Waals surface area contributed by atoms with Crippen molar-refractivity contribution in [3.63, 3.8) is 0 Å². The molecule has 0 fully saturated rings. The number of imidazole rings is 1. The lowest BCUT2D eigenvalue weighted by molar-refractivity contribution is 0.139. The highest BCUT2D eigenvalue weighted by Crippen LogP contribution is 2.17. The molecule has 1 aromatic heterocycles. The minimum absolute atomic E-state index is 0.700. The highest BCUT2D eigenvalue weighted by molar-refractivity contribution is 7.71. The van der Waals surface area contributed by atoms with Crippen molar-refractivity contribution >= 4 is 23.3 Å². The van der Waals surface area contributed by atoms with E-state index in [-0.39, 0.29) is 0 Å². The van der Waals surface area contributed by atoms with Crippen molar-refractivity contribution in [1.29, 1.82) is 0 Å². The summed E-state index contributed by atoms with van der Waals surface area (Å²) in [5.74, 6) is 0. The fourth-order valence-electron chi connectivity index (χ4n) is 1.92. The number of hydrogen-bond donors (Lipinski definition) is 1.